The Labute approximate surface area is 164 Å². The van der Waals surface area contributed by atoms with Crippen molar-refractivity contribution in [2.75, 3.05) is 7.05 Å². The molecule has 0 saturated heterocycles. The van der Waals surface area contributed by atoms with E-state index >= 15 is 0 Å². The quantitative estimate of drug-likeness (QED) is 0.725. The number of amides is 1. The van der Waals surface area contributed by atoms with Crippen molar-refractivity contribution in [1.82, 2.24) is 4.90 Å². The molecule has 1 amide bonds. The van der Waals surface area contributed by atoms with Gasteiger partial charge in [-0.25, -0.2) is 13.8 Å². The van der Waals surface area contributed by atoms with Crippen molar-refractivity contribution in [2.45, 2.75) is 31.5 Å². The number of nitrogens with zero attached hydrogens (tertiary/aromatic N) is 2. The van der Waals surface area contributed by atoms with E-state index < -0.39 is 23.7 Å². The van der Waals surface area contributed by atoms with Crippen molar-refractivity contribution in [3.05, 3.63) is 71.3 Å². The highest BCUT2D eigenvalue weighted by molar-refractivity contribution is 5.98. The number of nitrogens with two attached hydrogens (primary N) is 1. The third-order valence-electron chi connectivity index (χ3n) is 4.25. The molecule has 0 fully saturated rings. The zero-order chi connectivity index (χ0) is 21.8. The fraction of sp³-hybridized carbons (Fsp3) is 0.300. The number of carbonyl (C=O) groups excluding carboxylic acids is 1. The number of alkyl halides is 5. The van der Waals surface area contributed by atoms with E-state index in [1.54, 1.807) is 18.2 Å². The Bertz CT molecular complexity index is 876. The molecule has 0 saturated carbocycles. The van der Waals surface area contributed by atoms with E-state index in [1.165, 1.54) is 36.2 Å². The molecule has 0 bridgehead atoms. The maximum atomic E-state index is 12.6. The van der Waals surface area contributed by atoms with Crippen LogP contribution >= 0.6 is 0 Å². The first kappa shape index (κ1) is 22.3. The number of benzene rings is 2. The Hall–Kier alpha value is -2.97. The summed E-state index contributed by atoms with van der Waals surface area (Å²) in [7, 11) is 1.48. The summed E-state index contributed by atoms with van der Waals surface area (Å²) in [5.74, 6) is -2.96. The lowest BCUT2D eigenvalue weighted by atomic mass is 10.00. The predicted octanol–water partition coefficient (Wildman–Crippen LogP) is 4.72. The van der Waals surface area contributed by atoms with Gasteiger partial charge in [-0.1, -0.05) is 42.5 Å². The van der Waals surface area contributed by atoms with Crippen LogP contribution in [0.25, 0.3) is 0 Å². The second-order valence-electron chi connectivity index (χ2n) is 6.54. The summed E-state index contributed by atoms with van der Waals surface area (Å²) in [5, 5.41) is 0. The third-order valence-corrected chi connectivity index (χ3v) is 4.25. The van der Waals surface area contributed by atoms with Gasteiger partial charge in [0.2, 0.25) is 5.91 Å². The number of carbonyl (C=O) groups is 1. The minimum atomic E-state index is -4.42. The molecule has 1 unspecified atom stereocenters. The molecule has 29 heavy (non-hydrogen) atoms. The van der Waals surface area contributed by atoms with Crippen molar-refractivity contribution in [3.8, 4) is 0 Å². The molecule has 156 valence electrons. The molecule has 1 aliphatic rings. The van der Waals surface area contributed by atoms with Crippen molar-refractivity contribution in [3.63, 3.8) is 0 Å². The third kappa shape index (κ3) is 6.00. The van der Waals surface area contributed by atoms with Crippen molar-refractivity contribution in [2.24, 2.45) is 10.7 Å². The zero-order valence-corrected chi connectivity index (χ0v) is 15.8. The average Bonchev–Trinajstić information content (AvgIpc) is 2.66. The van der Waals surface area contributed by atoms with Gasteiger partial charge in [-0.3, -0.25) is 9.69 Å². The number of hydrogen-bond donors (Lipinski definition) is 1. The predicted molar refractivity (Wildman–Crippen MR) is 99.2 cm³/mol. The topological polar surface area (TPSA) is 58.7 Å². The molecule has 0 aromatic heterocycles. The Morgan fingerprint density at radius 3 is 2.07 bits per heavy atom. The van der Waals surface area contributed by atoms with Gasteiger partial charge in [0, 0.05) is 19.5 Å². The summed E-state index contributed by atoms with van der Waals surface area (Å²) in [6.45, 7) is 0.891. The number of rotatable bonds is 2. The minimum absolute atomic E-state index is 0.0124. The van der Waals surface area contributed by atoms with E-state index in [9.17, 15) is 26.7 Å². The van der Waals surface area contributed by atoms with Crippen LogP contribution < -0.4 is 5.73 Å². The summed E-state index contributed by atoms with van der Waals surface area (Å²) >= 11 is 0. The highest BCUT2D eigenvalue weighted by Gasteiger charge is 2.32. The van der Waals surface area contributed by atoms with Gasteiger partial charge in [-0.15, -0.1) is 0 Å². The first-order valence-corrected chi connectivity index (χ1v) is 8.60. The molecular weight excluding hydrogens is 393 g/mol. The SMILES string of the molecule is CC(F)(F)c1ccccc1.CN1C(=O)CC(c2cccc(C(F)(F)F)c2)N=C1N. The Kier molecular flexibility index (Phi) is 6.61. The molecular formula is C20H20F5N3O. The summed E-state index contributed by atoms with van der Waals surface area (Å²) in [6, 6.07) is 11.9. The van der Waals surface area contributed by atoms with Crippen LogP contribution in [0.2, 0.25) is 0 Å². The largest absolute Gasteiger partial charge is 0.416 e. The van der Waals surface area contributed by atoms with E-state index in [2.05, 4.69) is 4.99 Å². The van der Waals surface area contributed by atoms with Gasteiger partial charge in [-0.05, 0) is 17.7 Å². The van der Waals surface area contributed by atoms with Gasteiger partial charge < -0.3 is 5.73 Å². The van der Waals surface area contributed by atoms with E-state index in [0.717, 1.165) is 19.1 Å². The maximum absolute atomic E-state index is 12.6. The van der Waals surface area contributed by atoms with Crippen molar-refractivity contribution >= 4 is 11.9 Å². The molecule has 0 radical (unpaired) electrons. The highest BCUT2D eigenvalue weighted by Crippen LogP contribution is 2.33. The molecule has 2 aromatic carbocycles. The Morgan fingerprint density at radius 1 is 1.00 bits per heavy atom. The van der Waals surface area contributed by atoms with Crippen LogP contribution in [0.5, 0.6) is 0 Å². The Morgan fingerprint density at radius 2 is 1.59 bits per heavy atom. The van der Waals surface area contributed by atoms with E-state index in [-0.39, 0.29) is 23.9 Å². The lowest BCUT2D eigenvalue weighted by Gasteiger charge is -2.26. The highest BCUT2D eigenvalue weighted by atomic mass is 19.4. The summed E-state index contributed by atoms with van der Waals surface area (Å²) in [6.07, 6.45) is -4.40. The fourth-order valence-electron chi connectivity index (χ4n) is 2.57. The van der Waals surface area contributed by atoms with Crippen LogP contribution in [0.15, 0.2) is 59.6 Å². The Balaban J connectivity index is 0.000000253. The lowest BCUT2D eigenvalue weighted by Crippen LogP contribution is -2.42. The zero-order valence-electron chi connectivity index (χ0n) is 15.8. The van der Waals surface area contributed by atoms with Crippen LogP contribution in [0, 0.1) is 0 Å². The van der Waals surface area contributed by atoms with Gasteiger partial charge in [0.05, 0.1) is 18.0 Å². The smallest absolute Gasteiger partial charge is 0.369 e. The molecule has 4 nitrogen and oxygen atoms in total. The standard InChI is InChI=1S/C12H12F3N3O.C8H8F2/c1-18-10(19)6-9(17-11(18)16)7-3-2-4-8(5-7)12(13,14)15;1-8(9,10)7-5-3-2-4-6-7/h2-5,9H,6H2,1H3,(H2,16,17);2-6H,1H3. The summed E-state index contributed by atoms with van der Waals surface area (Å²) < 4.78 is 62.8. The van der Waals surface area contributed by atoms with E-state index in [1.807, 2.05) is 0 Å². The number of hydrogen-bond acceptors (Lipinski definition) is 3. The molecule has 2 aromatic rings. The number of halogens is 5. The van der Waals surface area contributed by atoms with Crippen LogP contribution in [0.4, 0.5) is 22.0 Å². The second-order valence-corrected chi connectivity index (χ2v) is 6.54. The van der Waals surface area contributed by atoms with Gasteiger partial charge in [0.25, 0.3) is 5.92 Å². The maximum Gasteiger partial charge on any atom is 0.416 e. The van der Waals surface area contributed by atoms with E-state index in [0.29, 0.717) is 5.56 Å². The normalized spacial score (nSPS) is 17.3. The molecule has 1 aliphatic heterocycles. The van der Waals surface area contributed by atoms with Gasteiger partial charge in [0.1, 0.15) is 0 Å². The molecule has 0 spiro atoms. The second kappa shape index (κ2) is 8.59. The minimum Gasteiger partial charge on any atom is -0.369 e. The molecule has 2 N–H and O–H groups in total. The van der Waals surface area contributed by atoms with Crippen LogP contribution in [-0.4, -0.2) is 23.8 Å². The summed E-state index contributed by atoms with van der Waals surface area (Å²) in [4.78, 5) is 16.8. The molecule has 9 heteroatoms. The fourth-order valence-corrected chi connectivity index (χ4v) is 2.57. The molecule has 3 rings (SSSR count). The van der Waals surface area contributed by atoms with Gasteiger partial charge in [-0.2, -0.15) is 13.2 Å². The van der Waals surface area contributed by atoms with Crippen LogP contribution in [0.1, 0.15) is 36.1 Å². The van der Waals surface area contributed by atoms with Crippen molar-refractivity contribution < 1.29 is 26.7 Å². The lowest BCUT2D eigenvalue weighted by molar-refractivity contribution is -0.137. The summed E-state index contributed by atoms with van der Waals surface area (Å²) in [5.41, 5.74) is 5.19. The number of guanidine groups is 1. The van der Waals surface area contributed by atoms with Crippen LogP contribution in [0.3, 0.4) is 0 Å². The van der Waals surface area contributed by atoms with Crippen LogP contribution in [-0.2, 0) is 16.9 Å². The molecule has 1 atom stereocenters. The van der Waals surface area contributed by atoms with Crippen molar-refractivity contribution in [1.29, 1.82) is 0 Å². The molecule has 1 heterocycles. The molecule has 0 aliphatic carbocycles. The first-order chi connectivity index (χ1) is 13.4. The monoisotopic (exact) mass is 413 g/mol. The first-order valence-electron chi connectivity index (χ1n) is 8.60. The van der Waals surface area contributed by atoms with Gasteiger partial charge >= 0.3 is 6.18 Å². The average molecular weight is 413 g/mol. The van der Waals surface area contributed by atoms with Gasteiger partial charge in [0.15, 0.2) is 5.96 Å². The van der Waals surface area contributed by atoms with E-state index in [4.69, 9.17) is 5.73 Å². The number of aliphatic imine (C=N–C) groups is 1.